The molecule has 2 rings (SSSR count). The van der Waals surface area contributed by atoms with E-state index in [4.69, 9.17) is 9.47 Å². The fraction of sp³-hybridized carbons (Fsp3) is 0.692. The summed E-state index contributed by atoms with van der Waals surface area (Å²) < 4.78 is 12.2. The fourth-order valence-corrected chi connectivity index (χ4v) is 2.51. The topological polar surface area (TPSA) is 56.6 Å². The van der Waals surface area contributed by atoms with Gasteiger partial charge in [-0.05, 0) is 12.5 Å². The summed E-state index contributed by atoms with van der Waals surface area (Å²) in [6.07, 6.45) is 3.11. The van der Waals surface area contributed by atoms with Gasteiger partial charge in [0.1, 0.15) is 0 Å². The maximum absolute atomic E-state index is 12.3. The minimum Gasteiger partial charge on any atom is -0.383 e. The highest BCUT2D eigenvalue weighted by Crippen LogP contribution is 2.21. The van der Waals surface area contributed by atoms with Crippen molar-refractivity contribution in [3.05, 3.63) is 18.0 Å². The second kappa shape index (κ2) is 6.16. The molecule has 1 aliphatic rings. The number of hydrogen-bond acceptors (Lipinski definition) is 4. The second-order valence-corrected chi connectivity index (χ2v) is 4.91. The van der Waals surface area contributed by atoms with Gasteiger partial charge in [-0.3, -0.25) is 9.48 Å². The number of hydrogen-bond donors (Lipinski definition) is 0. The van der Waals surface area contributed by atoms with Crippen molar-refractivity contribution in [1.29, 1.82) is 0 Å². The lowest BCUT2D eigenvalue weighted by Crippen LogP contribution is -2.39. The van der Waals surface area contributed by atoms with Gasteiger partial charge >= 0.3 is 0 Å². The summed E-state index contributed by atoms with van der Waals surface area (Å²) in [7, 11) is 5.18. The van der Waals surface area contributed by atoms with Crippen molar-refractivity contribution >= 4 is 5.91 Å². The highest BCUT2D eigenvalue weighted by atomic mass is 16.5. The third kappa shape index (κ3) is 3.33. The van der Waals surface area contributed by atoms with Crippen LogP contribution in [-0.4, -0.2) is 60.1 Å². The quantitative estimate of drug-likeness (QED) is 0.766. The maximum Gasteiger partial charge on any atom is 0.229 e. The zero-order valence-corrected chi connectivity index (χ0v) is 11.7. The number of amides is 1. The van der Waals surface area contributed by atoms with Gasteiger partial charge in [-0.1, -0.05) is 0 Å². The Balaban J connectivity index is 1.99. The molecule has 1 aliphatic heterocycles. The number of methoxy groups -OCH3 is 2. The van der Waals surface area contributed by atoms with Crippen molar-refractivity contribution in [2.24, 2.45) is 7.05 Å². The molecule has 6 nitrogen and oxygen atoms in total. The normalized spacial score (nSPS) is 23.0. The van der Waals surface area contributed by atoms with Crippen LogP contribution in [0.3, 0.4) is 0 Å². The van der Waals surface area contributed by atoms with Crippen LogP contribution in [-0.2, 0) is 27.7 Å². The molecule has 0 saturated carbocycles. The van der Waals surface area contributed by atoms with Gasteiger partial charge in [-0.15, -0.1) is 0 Å². The van der Waals surface area contributed by atoms with E-state index in [-0.39, 0.29) is 18.1 Å². The average Bonchev–Trinajstić information content (AvgIpc) is 2.96. The molecule has 0 N–H and O–H groups in total. The Morgan fingerprint density at radius 1 is 1.53 bits per heavy atom. The first-order chi connectivity index (χ1) is 9.13. The fourth-order valence-electron chi connectivity index (χ4n) is 2.51. The van der Waals surface area contributed by atoms with Crippen molar-refractivity contribution in [1.82, 2.24) is 14.7 Å². The smallest absolute Gasteiger partial charge is 0.229 e. The number of nitrogens with zero attached hydrogens (tertiary/aromatic N) is 3. The average molecular weight is 267 g/mol. The second-order valence-electron chi connectivity index (χ2n) is 4.91. The van der Waals surface area contributed by atoms with Crippen molar-refractivity contribution in [2.75, 3.05) is 27.4 Å². The molecule has 1 aromatic heterocycles. The number of likely N-dealkylation sites (tertiary alicyclic amines) is 1. The van der Waals surface area contributed by atoms with Crippen molar-refractivity contribution in [2.45, 2.75) is 25.0 Å². The Morgan fingerprint density at radius 3 is 2.89 bits per heavy atom. The van der Waals surface area contributed by atoms with Gasteiger partial charge in [-0.25, -0.2) is 0 Å². The molecule has 0 aliphatic carbocycles. The summed E-state index contributed by atoms with van der Waals surface area (Å²) in [5, 5.41) is 4.24. The molecule has 0 unspecified atom stereocenters. The standard InChI is InChI=1S/C13H21N3O3/c1-15-5-4-10(14-15)6-13(17)16-8-12(19-3)7-11(16)9-18-2/h4-5,11-12H,6-9H2,1-3H3/t11-,12-/m0/s1. The van der Waals surface area contributed by atoms with Gasteiger partial charge in [0.2, 0.25) is 5.91 Å². The molecule has 0 bridgehead atoms. The Bertz CT molecular complexity index is 433. The van der Waals surface area contributed by atoms with E-state index in [9.17, 15) is 4.79 Å². The Kier molecular flexibility index (Phi) is 4.55. The van der Waals surface area contributed by atoms with Gasteiger partial charge in [0, 0.05) is 34.0 Å². The van der Waals surface area contributed by atoms with Crippen LogP contribution in [0.1, 0.15) is 12.1 Å². The SMILES string of the molecule is COC[C@@H]1C[C@H](OC)CN1C(=O)Cc1ccn(C)n1. The molecule has 1 saturated heterocycles. The van der Waals surface area contributed by atoms with E-state index in [1.807, 2.05) is 24.2 Å². The Morgan fingerprint density at radius 2 is 2.32 bits per heavy atom. The largest absolute Gasteiger partial charge is 0.383 e. The Labute approximate surface area is 113 Å². The lowest BCUT2D eigenvalue weighted by molar-refractivity contribution is -0.132. The van der Waals surface area contributed by atoms with Crippen LogP contribution in [0.4, 0.5) is 0 Å². The molecule has 1 amide bonds. The summed E-state index contributed by atoms with van der Waals surface area (Å²) in [6, 6.07) is 1.97. The predicted molar refractivity (Wildman–Crippen MR) is 69.7 cm³/mol. The van der Waals surface area contributed by atoms with Gasteiger partial charge in [0.25, 0.3) is 0 Å². The van der Waals surface area contributed by atoms with Gasteiger partial charge < -0.3 is 14.4 Å². The zero-order chi connectivity index (χ0) is 13.8. The minimum atomic E-state index is 0.0836. The van der Waals surface area contributed by atoms with Crippen LogP contribution in [0.15, 0.2) is 12.3 Å². The zero-order valence-electron chi connectivity index (χ0n) is 11.7. The van der Waals surface area contributed by atoms with Crippen LogP contribution < -0.4 is 0 Å². The van der Waals surface area contributed by atoms with Crippen molar-refractivity contribution < 1.29 is 14.3 Å². The molecule has 2 atom stereocenters. The van der Waals surface area contributed by atoms with Crippen LogP contribution in [0.25, 0.3) is 0 Å². The summed E-state index contributed by atoms with van der Waals surface area (Å²) in [4.78, 5) is 14.2. The first-order valence-electron chi connectivity index (χ1n) is 6.43. The van der Waals surface area contributed by atoms with Crippen LogP contribution in [0.2, 0.25) is 0 Å². The predicted octanol–water partition coefficient (Wildman–Crippen LogP) is 0.225. The molecule has 19 heavy (non-hydrogen) atoms. The summed E-state index contributed by atoms with van der Waals surface area (Å²) in [5.74, 6) is 0.0836. The summed E-state index contributed by atoms with van der Waals surface area (Å²) in [5.41, 5.74) is 0.796. The number of aryl methyl sites for hydroxylation is 1. The van der Waals surface area contributed by atoms with Crippen molar-refractivity contribution in [3.63, 3.8) is 0 Å². The molecule has 1 fully saturated rings. The lowest BCUT2D eigenvalue weighted by atomic mass is 10.2. The summed E-state index contributed by atoms with van der Waals surface area (Å²) >= 11 is 0. The van der Waals surface area contributed by atoms with E-state index >= 15 is 0 Å². The molecule has 6 heteroatoms. The monoisotopic (exact) mass is 267 g/mol. The Hall–Kier alpha value is -1.40. The van der Waals surface area contributed by atoms with Gasteiger partial charge in [0.15, 0.2) is 0 Å². The molecule has 1 aromatic rings. The van der Waals surface area contributed by atoms with E-state index in [1.165, 1.54) is 0 Å². The summed E-state index contributed by atoms with van der Waals surface area (Å²) in [6.45, 7) is 1.18. The van der Waals surface area contributed by atoms with Crippen molar-refractivity contribution in [3.8, 4) is 0 Å². The molecule has 2 heterocycles. The molecular weight excluding hydrogens is 246 g/mol. The first kappa shape index (κ1) is 14.0. The third-order valence-corrected chi connectivity index (χ3v) is 3.49. The maximum atomic E-state index is 12.3. The number of ether oxygens (including phenoxy) is 2. The lowest BCUT2D eigenvalue weighted by Gasteiger charge is -2.23. The third-order valence-electron chi connectivity index (χ3n) is 3.49. The van der Waals surface area contributed by atoms with E-state index in [1.54, 1.807) is 18.9 Å². The number of carbonyl (C=O) groups is 1. The number of carbonyl (C=O) groups excluding carboxylic acids is 1. The van der Waals surface area contributed by atoms with Gasteiger partial charge in [-0.2, -0.15) is 5.10 Å². The number of rotatable bonds is 5. The van der Waals surface area contributed by atoms with E-state index in [2.05, 4.69) is 5.10 Å². The minimum absolute atomic E-state index is 0.0836. The molecule has 0 spiro atoms. The molecule has 106 valence electrons. The van der Waals surface area contributed by atoms with Crippen LogP contribution >= 0.6 is 0 Å². The highest BCUT2D eigenvalue weighted by molar-refractivity contribution is 5.79. The van der Waals surface area contributed by atoms with E-state index in [0.29, 0.717) is 19.6 Å². The van der Waals surface area contributed by atoms with Gasteiger partial charge in [0.05, 0.1) is 30.9 Å². The first-order valence-corrected chi connectivity index (χ1v) is 6.43. The molecule has 0 aromatic carbocycles. The number of aromatic nitrogens is 2. The molecular formula is C13H21N3O3. The van der Waals surface area contributed by atoms with E-state index in [0.717, 1.165) is 12.1 Å². The van der Waals surface area contributed by atoms with Crippen LogP contribution in [0.5, 0.6) is 0 Å². The van der Waals surface area contributed by atoms with Crippen LogP contribution in [0, 0.1) is 0 Å². The highest BCUT2D eigenvalue weighted by Gasteiger charge is 2.35. The molecule has 0 radical (unpaired) electrons. The van der Waals surface area contributed by atoms with E-state index < -0.39 is 0 Å².